The summed E-state index contributed by atoms with van der Waals surface area (Å²) in [5.41, 5.74) is -7.94. The Morgan fingerprint density at radius 3 is 0.737 bits per heavy atom. The summed E-state index contributed by atoms with van der Waals surface area (Å²) >= 11 is 0. The van der Waals surface area contributed by atoms with Gasteiger partial charge in [-0.3, -0.25) is 0 Å². The predicted molar refractivity (Wildman–Crippen MR) is 102 cm³/mol. The summed E-state index contributed by atoms with van der Waals surface area (Å²) in [5, 5.41) is 0. The van der Waals surface area contributed by atoms with Crippen molar-refractivity contribution in [3.05, 3.63) is 107 Å². The van der Waals surface area contributed by atoms with Crippen LogP contribution < -0.4 is 16.4 Å². The topological polar surface area (TPSA) is 0 Å². The molecular weight excluding hydrogens is 560 g/mol. The Morgan fingerprint density at radius 2 is 0.553 bits per heavy atom. The third kappa shape index (κ3) is 3.90. The first-order valence-electron chi connectivity index (χ1n) is 9.76. The summed E-state index contributed by atoms with van der Waals surface area (Å²) in [4.78, 5) is 0. The third-order valence-electron chi connectivity index (χ3n) is 5.87. The zero-order valence-electron chi connectivity index (χ0n) is 17.8. The lowest BCUT2D eigenvalue weighted by atomic mass is 9.13. The molecule has 0 aliphatic rings. The molecule has 0 saturated heterocycles. The van der Waals surface area contributed by atoms with Gasteiger partial charge in [-0.15, -0.1) is 16.4 Å². The molecule has 0 heterocycles. The Hall–Kier alpha value is -3.33. The Bertz CT molecular complexity index is 1210. The van der Waals surface area contributed by atoms with Gasteiger partial charge >= 0.3 is 0 Å². The Kier molecular flexibility index (Phi) is 7.77. The fraction of sp³-hybridized carbons (Fsp3) is 0.0455. The Morgan fingerprint density at radius 1 is 0.368 bits per heavy atom. The molecule has 0 aromatic heterocycles. The van der Waals surface area contributed by atoms with Crippen LogP contribution in [-0.2, 0) is 0 Å². The minimum Gasteiger partial charge on any atom is -0.207 e. The van der Waals surface area contributed by atoms with E-state index in [9.17, 15) is 39.5 Å². The molecule has 0 fully saturated rings. The lowest BCUT2D eigenvalue weighted by molar-refractivity contribution is 0.379. The van der Waals surface area contributed by atoms with Gasteiger partial charge in [0.2, 0.25) is 0 Å². The van der Waals surface area contributed by atoms with Gasteiger partial charge in [-0.05, 0) is 13.3 Å². The summed E-state index contributed by atoms with van der Waals surface area (Å²) in [7, 11) is 0. The van der Waals surface area contributed by atoms with E-state index in [-0.39, 0.29) is 0 Å². The van der Waals surface area contributed by atoms with E-state index >= 15 is 26.3 Å². The van der Waals surface area contributed by atoms with Crippen LogP contribution in [0.3, 0.4) is 0 Å². The molecule has 0 spiro atoms. The summed E-state index contributed by atoms with van der Waals surface area (Å²) in [6, 6.07) is 0. The number of benzene rings is 3. The molecule has 0 bridgehead atoms. The average molecular weight is 566 g/mol. The van der Waals surface area contributed by atoms with Crippen molar-refractivity contribution in [2.75, 3.05) is 0 Å². The van der Waals surface area contributed by atoms with E-state index in [0.717, 1.165) is 0 Å². The summed E-state index contributed by atoms with van der Waals surface area (Å²) in [5.74, 6) is -45.3. The van der Waals surface area contributed by atoms with Crippen molar-refractivity contribution >= 4 is 22.5 Å². The maximum Gasteiger partial charge on any atom is 0.200 e. The molecule has 16 heteroatoms. The second-order valence-electron chi connectivity index (χ2n) is 7.70. The van der Waals surface area contributed by atoms with Gasteiger partial charge in [-0.2, -0.15) is 6.32 Å². The lowest BCUT2D eigenvalue weighted by Gasteiger charge is -2.43. The molecule has 0 amide bonds. The zero-order chi connectivity index (χ0) is 29.0. The first kappa shape index (κ1) is 29.2. The summed E-state index contributed by atoms with van der Waals surface area (Å²) in [6.07, 6.45) is -6.58. The number of hydrogen-bond donors (Lipinski definition) is 0. The van der Waals surface area contributed by atoms with Crippen LogP contribution >= 0.6 is 0 Å². The molecule has 0 saturated carbocycles. The lowest BCUT2D eigenvalue weighted by Crippen LogP contribution is -2.73. The van der Waals surface area contributed by atoms with E-state index in [1.807, 2.05) is 0 Å². The normalized spacial score (nSPS) is 12.0. The quantitative estimate of drug-likeness (QED) is 0.161. The highest BCUT2D eigenvalue weighted by molar-refractivity contribution is 7.12. The first-order valence-corrected chi connectivity index (χ1v) is 9.76. The molecule has 203 valence electrons. The van der Waals surface area contributed by atoms with Crippen LogP contribution in [-0.4, -0.2) is 6.15 Å². The van der Waals surface area contributed by atoms with Crippen molar-refractivity contribution in [3.8, 4) is 0 Å². The van der Waals surface area contributed by atoms with Crippen LogP contribution in [0, 0.1) is 107 Å². The van der Waals surface area contributed by atoms with E-state index in [0.29, 0.717) is 12.8 Å². The highest BCUT2D eigenvalue weighted by atomic mass is 19.2. The second-order valence-corrected chi connectivity index (χ2v) is 7.70. The zero-order valence-corrected chi connectivity index (χ0v) is 17.8. The minimum atomic E-state index is -5.54. The van der Waals surface area contributed by atoms with Crippen LogP contribution in [0.1, 0.15) is 0 Å². The molecule has 3 aromatic carbocycles. The Labute approximate surface area is 202 Å². The van der Waals surface area contributed by atoms with Crippen LogP contribution in [0.5, 0.6) is 0 Å². The molecule has 0 nitrogen and oxygen atoms in total. The number of rotatable bonds is 6. The monoisotopic (exact) mass is 566 g/mol. The maximum atomic E-state index is 15.0. The van der Waals surface area contributed by atoms with E-state index in [1.54, 1.807) is 0 Å². The summed E-state index contributed by atoms with van der Waals surface area (Å²) < 4.78 is 216. The van der Waals surface area contributed by atoms with E-state index in [1.165, 1.54) is 0 Å². The standard InChI is InChI=1S/C22H6BF15/c1-2-3-4-23(5-8(24)14(30)20(36)15(31)9(5)25,6-10(26)16(32)21(37)17(33)11(6)27)7-12(28)18(34)22(38)19(35)13(7)29/h2-3H,1,4H2/q-1. The number of unbranched alkanes of at least 4 members (excludes halogenated alkanes) is 1. The van der Waals surface area contributed by atoms with Gasteiger partial charge in [0.15, 0.2) is 52.4 Å². The molecule has 3 aromatic rings. The molecule has 0 N–H and O–H groups in total. The molecular formula is C22H6BF15-. The van der Waals surface area contributed by atoms with E-state index in [2.05, 4.69) is 6.92 Å². The highest BCUT2D eigenvalue weighted by Gasteiger charge is 2.47. The van der Waals surface area contributed by atoms with Crippen molar-refractivity contribution in [1.82, 2.24) is 0 Å². The van der Waals surface area contributed by atoms with Gasteiger partial charge in [-0.25, -0.2) is 65.9 Å². The van der Waals surface area contributed by atoms with Crippen LogP contribution in [0.15, 0.2) is 0 Å². The van der Waals surface area contributed by atoms with Crippen molar-refractivity contribution in [1.29, 1.82) is 0 Å². The fourth-order valence-electron chi connectivity index (χ4n) is 4.25. The van der Waals surface area contributed by atoms with Gasteiger partial charge in [0, 0.05) is 0 Å². The fourth-order valence-corrected chi connectivity index (χ4v) is 4.25. The van der Waals surface area contributed by atoms with Gasteiger partial charge < -0.3 is 0 Å². The smallest absolute Gasteiger partial charge is 0.200 e. The molecule has 38 heavy (non-hydrogen) atoms. The van der Waals surface area contributed by atoms with Gasteiger partial charge in [0.25, 0.3) is 0 Å². The highest BCUT2D eigenvalue weighted by Crippen LogP contribution is 2.30. The van der Waals surface area contributed by atoms with Crippen molar-refractivity contribution in [2.24, 2.45) is 0 Å². The average Bonchev–Trinajstić information content (AvgIpc) is 2.89. The first-order chi connectivity index (χ1) is 17.6. The molecule has 0 aliphatic carbocycles. The molecule has 3 radical (unpaired) electrons. The van der Waals surface area contributed by atoms with Gasteiger partial charge in [0.05, 0.1) is 0 Å². The van der Waals surface area contributed by atoms with Crippen molar-refractivity contribution < 1.29 is 65.9 Å². The third-order valence-corrected chi connectivity index (χ3v) is 5.87. The van der Waals surface area contributed by atoms with Crippen molar-refractivity contribution in [2.45, 2.75) is 6.32 Å². The molecule has 0 aliphatic heterocycles. The Balaban J connectivity index is 2.86. The van der Waals surface area contributed by atoms with Gasteiger partial charge in [0.1, 0.15) is 41.0 Å². The largest absolute Gasteiger partial charge is 0.207 e. The number of halogens is 15. The van der Waals surface area contributed by atoms with Crippen LogP contribution in [0.2, 0.25) is 6.32 Å². The van der Waals surface area contributed by atoms with Crippen LogP contribution in [0.4, 0.5) is 65.9 Å². The maximum absolute atomic E-state index is 15.0. The molecule has 3 rings (SSSR count). The van der Waals surface area contributed by atoms with Crippen LogP contribution in [0.25, 0.3) is 0 Å². The van der Waals surface area contributed by atoms with Crippen molar-refractivity contribution in [3.63, 3.8) is 0 Å². The van der Waals surface area contributed by atoms with E-state index < -0.39 is 116 Å². The summed E-state index contributed by atoms with van der Waals surface area (Å²) in [6.45, 7) is 2.99. The number of hydrogen-bond acceptors (Lipinski definition) is 0. The minimum absolute atomic E-state index is 0.328. The second kappa shape index (κ2) is 10.1. The van der Waals surface area contributed by atoms with E-state index in [4.69, 9.17) is 0 Å². The predicted octanol–water partition coefficient (Wildman–Crippen LogP) is 5.49. The van der Waals surface area contributed by atoms with Gasteiger partial charge in [-0.1, -0.05) is 6.42 Å². The molecule has 0 atom stereocenters. The molecule has 0 unspecified atom stereocenters. The SMILES string of the molecule is [CH2][CH][CH]C[B-](c1c(F)c(F)c(F)c(F)c1F)(c1c(F)c(F)c(F)c(F)c1F)c1c(F)c(F)c(F)c(F)c1F.